The summed E-state index contributed by atoms with van der Waals surface area (Å²) in [4.78, 5) is 11.6. The zero-order valence-corrected chi connectivity index (χ0v) is 9.94. The van der Waals surface area contributed by atoms with Gasteiger partial charge in [0, 0.05) is 0 Å². The lowest BCUT2D eigenvalue weighted by atomic mass is 10.00. The fraction of sp³-hybridized carbons (Fsp3) is 0.133. The molecule has 2 heteroatoms. The van der Waals surface area contributed by atoms with E-state index in [4.69, 9.17) is 4.74 Å². The van der Waals surface area contributed by atoms with Gasteiger partial charge in [-0.25, -0.2) is 4.79 Å². The monoisotopic (exact) mass is 226 g/mol. The summed E-state index contributed by atoms with van der Waals surface area (Å²) in [5.74, 6) is -0.291. The molecule has 86 valence electrons. The van der Waals surface area contributed by atoms with Gasteiger partial charge in [0.15, 0.2) is 0 Å². The van der Waals surface area contributed by atoms with E-state index in [0.29, 0.717) is 5.56 Å². The number of rotatable bonds is 2. The molecular weight excluding hydrogens is 212 g/mol. The van der Waals surface area contributed by atoms with Gasteiger partial charge in [-0.05, 0) is 29.7 Å². The normalized spacial score (nSPS) is 10.0. The first-order chi connectivity index (χ1) is 8.22. The Balaban J connectivity index is 2.48. The lowest BCUT2D eigenvalue weighted by Gasteiger charge is -2.07. The summed E-state index contributed by atoms with van der Waals surface area (Å²) in [6, 6.07) is 15.8. The fourth-order valence-corrected chi connectivity index (χ4v) is 1.76. The van der Waals surface area contributed by atoms with Crippen LogP contribution in [0.15, 0.2) is 48.5 Å². The van der Waals surface area contributed by atoms with Crippen molar-refractivity contribution in [3.05, 3.63) is 59.7 Å². The van der Waals surface area contributed by atoms with Crippen molar-refractivity contribution in [1.82, 2.24) is 0 Å². The van der Waals surface area contributed by atoms with Crippen LogP contribution in [-0.4, -0.2) is 13.1 Å². The number of hydrogen-bond acceptors (Lipinski definition) is 2. The Bertz CT molecular complexity index is 530. The number of benzene rings is 2. The first kappa shape index (κ1) is 11.4. The molecule has 0 heterocycles. The second kappa shape index (κ2) is 4.83. The minimum absolute atomic E-state index is 0.291. The standard InChI is InChI=1S/C15H14O2/c1-11-8-9-13(10-14(11)15(16)17-2)12-6-4-3-5-7-12/h3-10H,1-2H3. The van der Waals surface area contributed by atoms with Crippen LogP contribution in [0, 0.1) is 6.92 Å². The number of carbonyl (C=O) groups is 1. The number of hydrogen-bond donors (Lipinski definition) is 0. The van der Waals surface area contributed by atoms with Gasteiger partial charge in [-0.1, -0.05) is 42.5 Å². The van der Waals surface area contributed by atoms with Gasteiger partial charge in [0.1, 0.15) is 0 Å². The van der Waals surface area contributed by atoms with Crippen molar-refractivity contribution < 1.29 is 9.53 Å². The van der Waals surface area contributed by atoms with Gasteiger partial charge in [0.25, 0.3) is 0 Å². The number of esters is 1. The maximum absolute atomic E-state index is 11.6. The smallest absolute Gasteiger partial charge is 0.338 e. The largest absolute Gasteiger partial charge is 0.465 e. The van der Waals surface area contributed by atoms with Crippen LogP contribution in [0.4, 0.5) is 0 Å². The average molecular weight is 226 g/mol. The van der Waals surface area contributed by atoms with Crippen LogP contribution < -0.4 is 0 Å². The first-order valence-corrected chi connectivity index (χ1v) is 5.47. The molecule has 0 N–H and O–H groups in total. The van der Waals surface area contributed by atoms with Gasteiger partial charge in [-0.2, -0.15) is 0 Å². The SMILES string of the molecule is COC(=O)c1cc(-c2ccccc2)ccc1C. The minimum Gasteiger partial charge on any atom is -0.465 e. The molecule has 0 radical (unpaired) electrons. The summed E-state index contributed by atoms with van der Waals surface area (Å²) < 4.78 is 4.77. The number of aryl methyl sites for hydroxylation is 1. The van der Waals surface area contributed by atoms with Crippen molar-refractivity contribution in [3.63, 3.8) is 0 Å². The molecule has 0 aliphatic heterocycles. The molecule has 0 atom stereocenters. The van der Waals surface area contributed by atoms with Gasteiger partial charge in [-0.15, -0.1) is 0 Å². The van der Waals surface area contributed by atoms with Crippen LogP contribution in [0.25, 0.3) is 11.1 Å². The van der Waals surface area contributed by atoms with Gasteiger partial charge < -0.3 is 4.74 Å². The average Bonchev–Trinajstić information content (AvgIpc) is 2.39. The van der Waals surface area contributed by atoms with Crippen molar-refractivity contribution in [2.75, 3.05) is 7.11 Å². The predicted octanol–water partition coefficient (Wildman–Crippen LogP) is 3.45. The van der Waals surface area contributed by atoms with Crippen molar-refractivity contribution in [2.45, 2.75) is 6.92 Å². The summed E-state index contributed by atoms with van der Waals surface area (Å²) in [6.45, 7) is 1.90. The Hall–Kier alpha value is -2.09. The molecule has 0 aliphatic carbocycles. The third kappa shape index (κ3) is 2.36. The molecule has 2 aromatic carbocycles. The Morgan fingerprint density at radius 3 is 2.35 bits per heavy atom. The van der Waals surface area contributed by atoms with Crippen LogP contribution in [0.2, 0.25) is 0 Å². The highest BCUT2D eigenvalue weighted by Crippen LogP contribution is 2.22. The zero-order chi connectivity index (χ0) is 12.3. The van der Waals surface area contributed by atoms with E-state index in [9.17, 15) is 4.79 Å². The second-order valence-electron chi connectivity index (χ2n) is 3.89. The highest BCUT2D eigenvalue weighted by molar-refractivity contribution is 5.92. The molecule has 2 nitrogen and oxygen atoms in total. The zero-order valence-electron chi connectivity index (χ0n) is 9.94. The summed E-state index contributed by atoms with van der Waals surface area (Å²) >= 11 is 0. The van der Waals surface area contributed by atoms with Crippen molar-refractivity contribution >= 4 is 5.97 Å². The van der Waals surface area contributed by atoms with Crippen LogP contribution in [0.3, 0.4) is 0 Å². The van der Waals surface area contributed by atoms with E-state index in [0.717, 1.165) is 16.7 Å². The highest BCUT2D eigenvalue weighted by atomic mass is 16.5. The Kier molecular flexibility index (Phi) is 3.24. The minimum atomic E-state index is -0.291. The van der Waals surface area contributed by atoms with Crippen molar-refractivity contribution in [1.29, 1.82) is 0 Å². The third-order valence-electron chi connectivity index (χ3n) is 2.75. The van der Waals surface area contributed by atoms with E-state index in [2.05, 4.69) is 0 Å². The molecule has 0 saturated heterocycles. The lowest BCUT2D eigenvalue weighted by Crippen LogP contribution is -2.03. The molecule has 0 aliphatic rings. The van der Waals surface area contributed by atoms with Crippen LogP contribution >= 0.6 is 0 Å². The molecule has 0 bridgehead atoms. The molecule has 0 saturated carbocycles. The number of carbonyl (C=O) groups excluding carboxylic acids is 1. The molecule has 2 aromatic rings. The number of ether oxygens (including phenoxy) is 1. The lowest BCUT2D eigenvalue weighted by molar-refractivity contribution is 0.0600. The van der Waals surface area contributed by atoms with E-state index < -0.39 is 0 Å². The molecule has 0 unspecified atom stereocenters. The Morgan fingerprint density at radius 1 is 1.00 bits per heavy atom. The van der Waals surface area contributed by atoms with Gasteiger partial charge >= 0.3 is 5.97 Å². The van der Waals surface area contributed by atoms with Gasteiger partial charge in [0.05, 0.1) is 12.7 Å². The first-order valence-electron chi connectivity index (χ1n) is 5.47. The maximum atomic E-state index is 11.6. The van der Waals surface area contributed by atoms with Crippen molar-refractivity contribution in [3.8, 4) is 11.1 Å². The molecule has 0 fully saturated rings. The highest BCUT2D eigenvalue weighted by Gasteiger charge is 2.10. The quantitative estimate of drug-likeness (QED) is 0.733. The van der Waals surface area contributed by atoms with E-state index in [1.54, 1.807) is 0 Å². The maximum Gasteiger partial charge on any atom is 0.338 e. The van der Waals surface area contributed by atoms with E-state index in [1.807, 2.05) is 55.5 Å². The van der Waals surface area contributed by atoms with E-state index in [-0.39, 0.29) is 5.97 Å². The number of methoxy groups -OCH3 is 1. The summed E-state index contributed by atoms with van der Waals surface area (Å²) in [6.07, 6.45) is 0. The second-order valence-corrected chi connectivity index (χ2v) is 3.89. The fourth-order valence-electron chi connectivity index (χ4n) is 1.76. The van der Waals surface area contributed by atoms with Crippen LogP contribution in [0.5, 0.6) is 0 Å². The predicted molar refractivity (Wildman–Crippen MR) is 68.0 cm³/mol. The molecule has 17 heavy (non-hydrogen) atoms. The molecule has 2 rings (SSSR count). The van der Waals surface area contributed by atoms with Crippen molar-refractivity contribution in [2.24, 2.45) is 0 Å². The summed E-state index contributed by atoms with van der Waals surface area (Å²) in [7, 11) is 1.40. The molecule has 0 amide bonds. The molecule has 0 aromatic heterocycles. The van der Waals surface area contributed by atoms with Crippen LogP contribution in [-0.2, 0) is 4.74 Å². The van der Waals surface area contributed by atoms with Crippen LogP contribution in [0.1, 0.15) is 15.9 Å². The Morgan fingerprint density at radius 2 is 1.71 bits per heavy atom. The van der Waals surface area contributed by atoms with Gasteiger partial charge in [-0.3, -0.25) is 0 Å². The summed E-state index contributed by atoms with van der Waals surface area (Å²) in [5, 5.41) is 0. The Labute approximate surface area is 101 Å². The van der Waals surface area contributed by atoms with Gasteiger partial charge in [0.2, 0.25) is 0 Å². The summed E-state index contributed by atoms with van der Waals surface area (Å²) in [5.41, 5.74) is 3.67. The third-order valence-corrected chi connectivity index (χ3v) is 2.75. The molecular formula is C15H14O2. The molecule has 0 spiro atoms. The topological polar surface area (TPSA) is 26.3 Å². The van der Waals surface area contributed by atoms with E-state index in [1.165, 1.54) is 7.11 Å². The van der Waals surface area contributed by atoms with E-state index >= 15 is 0 Å².